The van der Waals surface area contributed by atoms with E-state index in [0.29, 0.717) is 38.0 Å². The van der Waals surface area contributed by atoms with Crippen LogP contribution in [0.25, 0.3) is 11.5 Å². The molecule has 1 aromatic carbocycles. The Hall–Kier alpha value is -3.22. The van der Waals surface area contributed by atoms with E-state index in [0.717, 1.165) is 22.5 Å². The van der Waals surface area contributed by atoms with Crippen molar-refractivity contribution in [2.75, 3.05) is 31.1 Å². The highest BCUT2D eigenvalue weighted by molar-refractivity contribution is 5.95. The lowest BCUT2D eigenvalue weighted by molar-refractivity contribution is 0.0746. The average Bonchev–Trinajstić information content (AvgIpc) is 3.24. The Bertz CT molecular complexity index is 1010. The monoisotopic (exact) mass is 391 g/mol. The van der Waals surface area contributed by atoms with Gasteiger partial charge >= 0.3 is 0 Å². The summed E-state index contributed by atoms with van der Waals surface area (Å²) in [6, 6.07) is 11.5. The molecule has 3 aromatic rings. The van der Waals surface area contributed by atoms with Crippen LogP contribution in [0.15, 0.2) is 47.0 Å². The summed E-state index contributed by atoms with van der Waals surface area (Å²) in [5.74, 6) is 2.17. The molecule has 0 unspecified atom stereocenters. The van der Waals surface area contributed by atoms with E-state index in [1.54, 1.807) is 6.20 Å². The first-order chi connectivity index (χ1) is 14.0. The Balaban J connectivity index is 1.51. The number of rotatable bonds is 4. The second-order valence-electron chi connectivity index (χ2n) is 7.57. The summed E-state index contributed by atoms with van der Waals surface area (Å²) in [5.41, 5.74) is 2.60. The van der Waals surface area contributed by atoms with E-state index in [9.17, 15) is 4.79 Å². The zero-order chi connectivity index (χ0) is 20.4. The topological polar surface area (TPSA) is 75.4 Å². The fraction of sp³-hybridized carbons (Fsp3) is 0.364. The van der Waals surface area contributed by atoms with Crippen molar-refractivity contribution in [3.8, 4) is 11.5 Å². The number of amides is 1. The number of aryl methyl sites for hydroxylation is 1. The summed E-state index contributed by atoms with van der Waals surface area (Å²) in [4.78, 5) is 21.5. The highest BCUT2D eigenvalue weighted by Crippen LogP contribution is 2.29. The minimum atomic E-state index is 0.0856. The number of carbonyl (C=O) groups excluding carboxylic acids is 1. The Morgan fingerprint density at radius 3 is 2.48 bits per heavy atom. The van der Waals surface area contributed by atoms with Gasteiger partial charge in [0.2, 0.25) is 5.89 Å². The number of hydrogen-bond donors (Lipinski definition) is 0. The summed E-state index contributed by atoms with van der Waals surface area (Å²) in [5, 5.41) is 8.35. The van der Waals surface area contributed by atoms with Gasteiger partial charge < -0.3 is 14.2 Å². The Morgan fingerprint density at radius 1 is 1.03 bits per heavy atom. The molecule has 0 N–H and O–H groups in total. The van der Waals surface area contributed by atoms with Gasteiger partial charge in [0, 0.05) is 43.9 Å². The summed E-state index contributed by atoms with van der Waals surface area (Å²) < 4.78 is 5.84. The van der Waals surface area contributed by atoms with Crippen LogP contribution in [0, 0.1) is 6.92 Å². The van der Waals surface area contributed by atoms with Crippen molar-refractivity contribution in [2.45, 2.75) is 26.7 Å². The standard InChI is InChI=1S/C22H25N5O2/c1-15(2)20-24-25-21(29-20)18-9-6-10-23-19(18)26-11-13-27(14-12-26)22(28)17-8-5-4-7-16(17)3/h4-10,15H,11-14H2,1-3H3. The zero-order valence-electron chi connectivity index (χ0n) is 17.0. The van der Waals surface area contributed by atoms with Gasteiger partial charge in [-0.05, 0) is 30.7 Å². The van der Waals surface area contributed by atoms with Crippen molar-refractivity contribution >= 4 is 11.7 Å². The summed E-state index contributed by atoms with van der Waals surface area (Å²) in [6.07, 6.45) is 1.77. The van der Waals surface area contributed by atoms with Crippen molar-refractivity contribution in [1.82, 2.24) is 20.1 Å². The lowest BCUT2D eigenvalue weighted by atomic mass is 10.1. The van der Waals surface area contributed by atoms with Crippen LogP contribution in [0.3, 0.4) is 0 Å². The van der Waals surface area contributed by atoms with Gasteiger partial charge in [0.15, 0.2) is 0 Å². The molecular weight excluding hydrogens is 366 g/mol. The number of piperazine rings is 1. The van der Waals surface area contributed by atoms with Crippen LogP contribution in [0.1, 0.15) is 41.6 Å². The van der Waals surface area contributed by atoms with Crippen LogP contribution in [0.5, 0.6) is 0 Å². The first-order valence-corrected chi connectivity index (χ1v) is 9.93. The SMILES string of the molecule is Cc1ccccc1C(=O)N1CCN(c2ncccc2-c2nnc(C(C)C)o2)CC1. The molecule has 1 aliphatic rings. The molecule has 0 saturated carbocycles. The Morgan fingerprint density at radius 2 is 1.79 bits per heavy atom. The van der Waals surface area contributed by atoms with E-state index < -0.39 is 0 Å². The smallest absolute Gasteiger partial charge is 0.254 e. The van der Waals surface area contributed by atoms with Gasteiger partial charge in [-0.1, -0.05) is 32.0 Å². The molecule has 0 radical (unpaired) electrons. The molecule has 1 saturated heterocycles. The number of hydrogen-bond acceptors (Lipinski definition) is 6. The second kappa shape index (κ2) is 8.03. The van der Waals surface area contributed by atoms with Gasteiger partial charge in [0.1, 0.15) is 5.82 Å². The highest BCUT2D eigenvalue weighted by Gasteiger charge is 2.26. The van der Waals surface area contributed by atoms with E-state index in [1.807, 2.05) is 62.1 Å². The third-order valence-corrected chi connectivity index (χ3v) is 5.19. The fourth-order valence-corrected chi connectivity index (χ4v) is 3.50. The van der Waals surface area contributed by atoms with E-state index in [4.69, 9.17) is 4.42 Å². The van der Waals surface area contributed by atoms with Crippen LogP contribution < -0.4 is 4.90 Å². The minimum Gasteiger partial charge on any atom is -0.420 e. The van der Waals surface area contributed by atoms with E-state index >= 15 is 0 Å². The predicted molar refractivity (Wildman–Crippen MR) is 111 cm³/mol. The molecule has 0 spiro atoms. The van der Waals surface area contributed by atoms with Gasteiger partial charge in [-0.3, -0.25) is 4.79 Å². The highest BCUT2D eigenvalue weighted by atomic mass is 16.4. The molecule has 4 rings (SSSR count). The van der Waals surface area contributed by atoms with Crippen molar-refractivity contribution in [3.63, 3.8) is 0 Å². The van der Waals surface area contributed by atoms with Gasteiger partial charge in [0.05, 0.1) is 5.56 Å². The van der Waals surface area contributed by atoms with Crippen LogP contribution in [0.2, 0.25) is 0 Å². The van der Waals surface area contributed by atoms with E-state index in [2.05, 4.69) is 20.1 Å². The average molecular weight is 391 g/mol. The third-order valence-electron chi connectivity index (χ3n) is 5.19. The van der Waals surface area contributed by atoms with Gasteiger partial charge in [-0.2, -0.15) is 0 Å². The first kappa shape index (κ1) is 19.1. The fourth-order valence-electron chi connectivity index (χ4n) is 3.50. The summed E-state index contributed by atoms with van der Waals surface area (Å²) in [7, 11) is 0. The van der Waals surface area contributed by atoms with Gasteiger partial charge in [-0.15, -0.1) is 10.2 Å². The summed E-state index contributed by atoms with van der Waals surface area (Å²) >= 11 is 0. The molecule has 1 aliphatic heterocycles. The maximum atomic E-state index is 12.9. The van der Waals surface area contributed by atoms with Crippen molar-refractivity contribution in [1.29, 1.82) is 0 Å². The van der Waals surface area contributed by atoms with Crippen LogP contribution in [-0.4, -0.2) is 52.2 Å². The summed E-state index contributed by atoms with van der Waals surface area (Å²) in [6.45, 7) is 8.70. The van der Waals surface area contributed by atoms with Crippen molar-refractivity contribution in [3.05, 3.63) is 59.6 Å². The van der Waals surface area contributed by atoms with Gasteiger partial charge in [0.25, 0.3) is 11.8 Å². The lowest BCUT2D eigenvalue weighted by Gasteiger charge is -2.36. The van der Waals surface area contributed by atoms with E-state index in [1.165, 1.54) is 0 Å². The Kier molecular flexibility index (Phi) is 5.29. The maximum absolute atomic E-state index is 12.9. The molecule has 0 atom stereocenters. The molecule has 0 aliphatic carbocycles. The normalized spacial score (nSPS) is 14.5. The predicted octanol–water partition coefficient (Wildman–Crippen LogP) is 3.53. The molecule has 29 heavy (non-hydrogen) atoms. The number of carbonyl (C=O) groups is 1. The molecule has 150 valence electrons. The van der Waals surface area contributed by atoms with Gasteiger partial charge in [-0.25, -0.2) is 4.98 Å². The molecular formula is C22H25N5O2. The van der Waals surface area contributed by atoms with Crippen molar-refractivity contribution < 1.29 is 9.21 Å². The van der Waals surface area contributed by atoms with Crippen LogP contribution >= 0.6 is 0 Å². The van der Waals surface area contributed by atoms with Crippen LogP contribution in [0.4, 0.5) is 5.82 Å². The van der Waals surface area contributed by atoms with E-state index in [-0.39, 0.29) is 11.8 Å². The molecule has 1 amide bonds. The molecule has 1 fully saturated rings. The Labute approximate surface area is 170 Å². The first-order valence-electron chi connectivity index (χ1n) is 9.93. The zero-order valence-corrected chi connectivity index (χ0v) is 17.0. The largest absolute Gasteiger partial charge is 0.420 e. The molecule has 2 aromatic heterocycles. The quantitative estimate of drug-likeness (QED) is 0.677. The maximum Gasteiger partial charge on any atom is 0.254 e. The number of nitrogens with zero attached hydrogens (tertiary/aromatic N) is 5. The minimum absolute atomic E-state index is 0.0856. The van der Waals surface area contributed by atoms with Crippen molar-refractivity contribution in [2.24, 2.45) is 0 Å². The lowest BCUT2D eigenvalue weighted by Crippen LogP contribution is -2.49. The number of pyridine rings is 1. The van der Waals surface area contributed by atoms with Crippen LogP contribution in [-0.2, 0) is 0 Å². The molecule has 7 nitrogen and oxygen atoms in total. The second-order valence-corrected chi connectivity index (χ2v) is 7.57. The molecule has 7 heteroatoms. The molecule has 0 bridgehead atoms. The number of anilines is 1. The third kappa shape index (κ3) is 3.85. The number of aromatic nitrogens is 3. The number of benzene rings is 1. The molecule has 3 heterocycles.